The fourth-order valence-corrected chi connectivity index (χ4v) is 2.49. The topological polar surface area (TPSA) is 24.9 Å². The molecule has 0 saturated heterocycles. The van der Waals surface area contributed by atoms with Crippen molar-refractivity contribution in [3.8, 4) is 0 Å². The molecule has 2 rings (SSSR count). The van der Waals surface area contributed by atoms with Crippen molar-refractivity contribution >= 4 is 11.3 Å². The van der Waals surface area contributed by atoms with Gasteiger partial charge < -0.3 is 5.32 Å². The van der Waals surface area contributed by atoms with Crippen LogP contribution in [0, 0.1) is 0 Å². The van der Waals surface area contributed by atoms with E-state index in [0.717, 1.165) is 0 Å². The molecule has 13 heavy (non-hydrogen) atoms. The summed E-state index contributed by atoms with van der Waals surface area (Å²) in [5, 5.41) is 4.56. The van der Waals surface area contributed by atoms with E-state index in [1.54, 1.807) is 0 Å². The first-order valence-electron chi connectivity index (χ1n) is 4.79. The molecule has 2 nitrogen and oxygen atoms in total. The molecule has 0 radical (unpaired) electrons. The van der Waals surface area contributed by atoms with E-state index in [2.05, 4.69) is 24.1 Å². The number of aromatic nitrogens is 1. The van der Waals surface area contributed by atoms with E-state index in [9.17, 15) is 0 Å². The van der Waals surface area contributed by atoms with Gasteiger partial charge in [0.25, 0.3) is 0 Å². The lowest BCUT2D eigenvalue weighted by atomic mass is 10.2. The number of nitrogens with one attached hydrogen (secondary N) is 1. The number of hydrogen-bond donors (Lipinski definition) is 1. The Balaban J connectivity index is 2.18. The van der Waals surface area contributed by atoms with E-state index < -0.39 is 0 Å². The smallest absolute Gasteiger partial charge is 0.0987 e. The molecule has 1 aromatic rings. The molecule has 1 unspecified atom stereocenters. The van der Waals surface area contributed by atoms with Gasteiger partial charge in [0.15, 0.2) is 0 Å². The molecule has 1 atom stereocenters. The fraction of sp³-hybridized carbons (Fsp3) is 0.700. The largest absolute Gasteiger partial charge is 0.312 e. The molecule has 1 aliphatic rings. The van der Waals surface area contributed by atoms with Crippen molar-refractivity contribution in [2.24, 2.45) is 0 Å². The molecular weight excluding hydrogens is 180 g/mol. The van der Waals surface area contributed by atoms with Gasteiger partial charge in [0.1, 0.15) is 0 Å². The molecule has 1 fully saturated rings. The highest BCUT2D eigenvalue weighted by atomic mass is 32.1. The zero-order chi connectivity index (χ0) is 9.47. The number of thiazole rings is 1. The van der Waals surface area contributed by atoms with Crippen LogP contribution in [0.5, 0.6) is 0 Å². The second-order valence-corrected chi connectivity index (χ2v) is 5.20. The van der Waals surface area contributed by atoms with Gasteiger partial charge in [-0.3, -0.25) is 0 Å². The van der Waals surface area contributed by atoms with Crippen LogP contribution in [0.2, 0.25) is 0 Å². The van der Waals surface area contributed by atoms with Crippen molar-refractivity contribution in [3.05, 3.63) is 16.1 Å². The summed E-state index contributed by atoms with van der Waals surface area (Å²) >= 11 is 1.86. The van der Waals surface area contributed by atoms with Crippen molar-refractivity contribution in [3.63, 3.8) is 0 Å². The Hall–Kier alpha value is -0.410. The van der Waals surface area contributed by atoms with Crippen LogP contribution >= 0.6 is 11.3 Å². The van der Waals surface area contributed by atoms with Crippen LogP contribution in [0.25, 0.3) is 0 Å². The monoisotopic (exact) mass is 196 g/mol. The molecule has 0 spiro atoms. The number of nitrogens with zero attached hydrogens (tertiary/aromatic N) is 1. The molecule has 1 saturated carbocycles. The molecule has 1 N–H and O–H groups in total. The quantitative estimate of drug-likeness (QED) is 0.803. The number of rotatable bonds is 3. The molecule has 0 bridgehead atoms. The van der Waals surface area contributed by atoms with Gasteiger partial charge in [-0.1, -0.05) is 6.92 Å². The van der Waals surface area contributed by atoms with Crippen molar-refractivity contribution in [2.75, 3.05) is 7.05 Å². The highest BCUT2D eigenvalue weighted by molar-refractivity contribution is 7.11. The molecule has 1 aromatic heterocycles. The molecule has 0 aromatic carbocycles. The highest BCUT2D eigenvalue weighted by Gasteiger charge is 2.41. The second-order valence-electron chi connectivity index (χ2n) is 4.14. The first-order chi connectivity index (χ1) is 6.15. The normalized spacial score (nSPS) is 21.5. The van der Waals surface area contributed by atoms with Crippen molar-refractivity contribution < 1.29 is 0 Å². The third kappa shape index (κ3) is 1.63. The summed E-state index contributed by atoms with van der Waals surface area (Å²) in [5.74, 6) is 0. The summed E-state index contributed by atoms with van der Waals surface area (Å²) in [5.41, 5.74) is 0.427. The third-order valence-corrected chi connectivity index (χ3v) is 4.39. The van der Waals surface area contributed by atoms with Crippen molar-refractivity contribution in [2.45, 2.75) is 38.1 Å². The maximum atomic E-state index is 4.50. The standard InChI is InChI=1S/C10H16N2S/c1-7(11-3)8-6-12-9(13-8)10(2)4-5-10/h6-7,11H,4-5H2,1-3H3. The van der Waals surface area contributed by atoms with Gasteiger partial charge in [-0.2, -0.15) is 0 Å². The van der Waals surface area contributed by atoms with Crippen molar-refractivity contribution in [1.29, 1.82) is 0 Å². The average Bonchev–Trinajstić information content (AvgIpc) is 2.72. The molecule has 1 aliphatic carbocycles. The van der Waals surface area contributed by atoms with Crippen LogP contribution < -0.4 is 5.32 Å². The fourth-order valence-electron chi connectivity index (χ4n) is 1.31. The van der Waals surface area contributed by atoms with Gasteiger partial charge in [0, 0.05) is 22.5 Å². The Morgan fingerprint density at radius 2 is 2.31 bits per heavy atom. The van der Waals surface area contributed by atoms with E-state index >= 15 is 0 Å². The Bertz CT molecular complexity index is 302. The van der Waals surface area contributed by atoms with Gasteiger partial charge >= 0.3 is 0 Å². The van der Waals surface area contributed by atoms with Gasteiger partial charge in [0.05, 0.1) is 5.01 Å². The van der Waals surface area contributed by atoms with Gasteiger partial charge in [-0.05, 0) is 26.8 Å². The van der Waals surface area contributed by atoms with Crippen LogP contribution in [0.15, 0.2) is 6.20 Å². The van der Waals surface area contributed by atoms with E-state index in [1.807, 2.05) is 24.6 Å². The predicted octanol–water partition coefficient (Wildman–Crippen LogP) is 2.48. The Kier molecular flexibility index (Phi) is 2.16. The molecule has 72 valence electrons. The lowest BCUT2D eigenvalue weighted by Crippen LogP contribution is -2.10. The SMILES string of the molecule is CNC(C)c1cnc(C2(C)CC2)s1. The first kappa shape index (κ1) is 9.16. The van der Waals surface area contributed by atoms with Crippen LogP contribution in [-0.4, -0.2) is 12.0 Å². The van der Waals surface area contributed by atoms with Gasteiger partial charge in [-0.15, -0.1) is 11.3 Å². The van der Waals surface area contributed by atoms with Crippen LogP contribution in [0.3, 0.4) is 0 Å². The Labute approximate surface area is 83.4 Å². The van der Waals surface area contributed by atoms with Crippen LogP contribution in [0.4, 0.5) is 0 Å². The van der Waals surface area contributed by atoms with E-state index in [0.29, 0.717) is 11.5 Å². The lowest BCUT2D eigenvalue weighted by Gasteiger charge is -2.05. The highest BCUT2D eigenvalue weighted by Crippen LogP contribution is 2.49. The maximum absolute atomic E-state index is 4.50. The lowest BCUT2D eigenvalue weighted by molar-refractivity contribution is 0.662. The summed E-state index contributed by atoms with van der Waals surface area (Å²) in [6.45, 7) is 4.48. The van der Waals surface area contributed by atoms with Crippen LogP contribution in [0.1, 0.15) is 42.6 Å². The third-order valence-electron chi connectivity index (χ3n) is 2.90. The van der Waals surface area contributed by atoms with E-state index in [1.165, 1.54) is 22.7 Å². The first-order valence-corrected chi connectivity index (χ1v) is 5.61. The van der Waals surface area contributed by atoms with Gasteiger partial charge in [-0.25, -0.2) is 4.98 Å². The summed E-state index contributed by atoms with van der Waals surface area (Å²) < 4.78 is 0. The molecular formula is C10H16N2S. The van der Waals surface area contributed by atoms with E-state index in [4.69, 9.17) is 0 Å². The summed E-state index contributed by atoms with van der Waals surface area (Å²) in [6.07, 6.45) is 4.65. The second kappa shape index (κ2) is 3.07. The van der Waals surface area contributed by atoms with Gasteiger partial charge in [0.2, 0.25) is 0 Å². The Morgan fingerprint density at radius 3 is 2.85 bits per heavy atom. The van der Waals surface area contributed by atoms with E-state index in [-0.39, 0.29) is 0 Å². The predicted molar refractivity (Wildman–Crippen MR) is 56.2 cm³/mol. The zero-order valence-corrected chi connectivity index (χ0v) is 9.24. The van der Waals surface area contributed by atoms with Crippen LogP contribution in [-0.2, 0) is 5.41 Å². The summed E-state index contributed by atoms with van der Waals surface area (Å²) in [4.78, 5) is 5.85. The minimum Gasteiger partial charge on any atom is -0.312 e. The molecule has 1 heterocycles. The molecule has 0 aliphatic heterocycles. The minimum absolute atomic E-state index is 0.427. The number of hydrogen-bond acceptors (Lipinski definition) is 3. The molecule has 0 amide bonds. The Morgan fingerprint density at radius 1 is 1.62 bits per heavy atom. The minimum atomic E-state index is 0.427. The average molecular weight is 196 g/mol. The molecule has 3 heteroatoms. The maximum Gasteiger partial charge on any atom is 0.0987 e. The summed E-state index contributed by atoms with van der Waals surface area (Å²) in [6, 6.07) is 0.439. The summed E-state index contributed by atoms with van der Waals surface area (Å²) in [7, 11) is 1.99. The zero-order valence-electron chi connectivity index (χ0n) is 8.42. The van der Waals surface area contributed by atoms with Crippen molar-refractivity contribution in [1.82, 2.24) is 10.3 Å².